The molecule has 0 spiro atoms. The van der Waals surface area contributed by atoms with Gasteiger partial charge in [-0.05, 0) is 43.4 Å². The van der Waals surface area contributed by atoms with E-state index in [1.807, 2.05) is 21.1 Å². The summed E-state index contributed by atoms with van der Waals surface area (Å²) in [4.78, 5) is 15.5. The molecule has 2 aromatic rings. The molecule has 1 aromatic carbocycles. The molecule has 1 aromatic heterocycles. The van der Waals surface area contributed by atoms with Gasteiger partial charge < -0.3 is 16.1 Å². The Kier molecular flexibility index (Phi) is 7.53. The third-order valence-electron chi connectivity index (χ3n) is 5.81. The normalized spacial score (nSPS) is 16.5. The van der Waals surface area contributed by atoms with E-state index >= 15 is 0 Å². The van der Waals surface area contributed by atoms with Gasteiger partial charge in [-0.1, -0.05) is 24.3 Å². The molecule has 0 saturated carbocycles. The van der Waals surface area contributed by atoms with E-state index < -0.39 is 0 Å². The maximum atomic E-state index is 11.2. The second-order valence-electron chi connectivity index (χ2n) is 7.53. The first-order chi connectivity index (χ1) is 14.6. The predicted molar refractivity (Wildman–Crippen MR) is 119 cm³/mol. The monoisotopic (exact) mass is 415 g/mol. The van der Waals surface area contributed by atoms with Crippen LogP contribution < -0.4 is 21.5 Å². The summed E-state index contributed by atoms with van der Waals surface area (Å²) in [5.41, 5.74) is 8.36. The number of hydroxylamine groups is 1. The van der Waals surface area contributed by atoms with Crippen molar-refractivity contribution in [3.8, 4) is 0 Å². The summed E-state index contributed by atoms with van der Waals surface area (Å²) >= 11 is 0. The van der Waals surface area contributed by atoms with Gasteiger partial charge in [-0.25, -0.2) is 5.48 Å². The Morgan fingerprint density at radius 3 is 2.57 bits per heavy atom. The lowest BCUT2D eigenvalue weighted by molar-refractivity contribution is -0.129. The number of anilines is 2. The molecule has 0 unspecified atom stereocenters. The van der Waals surface area contributed by atoms with E-state index in [0.29, 0.717) is 12.5 Å². The van der Waals surface area contributed by atoms with Crippen LogP contribution in [0, 0.1) is 0 Å². The quantitative estimate of drug-likeness (QED) is 0.298. The van der Waals surface area contributed by atoms with Crippen LogP contribution in [-0.4, -0.2) is 60.1 Å². The van der Waals surface area contributed by atoms with Gasteiger partial charge in [0.1, 0.15) is 0 Å². The average molecular weight is 416 g/mol. The van der Waals surface area contributed by atoms with Crippen LogP contribution in [0.15, 0.2) is 24.3 Å². The van der Waals surface area contributed by atoms with Crippen LogP contribution in [0.5, 0.6) is 0 Å². The van der Waals surface area contributed by atoms with Crippen molar-refractivity contribution < 1.29 is 10.0 Å². The molecule has 9 nitrogen and oxygen atoms in total. The van der Waals surface area contributed by atoms with E-state index in [1.165, 1.54) is 17.5 Å². The minimum atomic E-state index is -0.357. The zero-order valence-electron chi connectivity index (χ0n) is 18.0. The number of aryl methyl sites for hydroxylation is 1. The Morgan fingerprint density at radius 2 is 1.93 bits per heavy atom. The van der Waals surface area contributed by atoms with Crippen LogP contribution >= 0.6 is 0 Å². The molecule has 1 atom stereocenters. The first kappa shape index (κ1) is 21.9. The number of amides is 1. The second-order valence-corrected chi connectivity index (χ2v) is 7.53. The minimum absolute atomic E-state index is 0.285. The third kappa shape index (κ3) is 4.85. The SMILES string of the molecule is CNc1nn(NC)c(NC)c1CCN1CCC[C@@H]1c1ccc(CCC(=O)NO)cc1. The highest BCUT2D eigenvalue weighted by atomic mass is 16.5. The summed E-state index contributed by atoms with van der Waals surface area (Å²) in [5.74, 6) is 1.51. The van der Waals surface area contributed by atoms with Crippen LogP contribution in [-0.2, 0) is 17.6 Å². The number of hydrogen-bond acceptors (Lipinski definition) is 7. The van der Waals surface area contributed by atoms with Gasteiger partial charge in [0.2, 0.25) is 5.91 Å². The molecule has 30 heavy (non-hydrogen) atoms. The van der Waals surface area contributed by atoms with Gasteiger partial charge in [0.05, 0.1) is 0 Å². The maximum absolute atomic E-state index is 11.2. The van der Waals surface area contributed by atoms with E-state index in [9.17, 15) is 4.79 Å². The highest BCUT2D eigenvalue weighted by molar-refractivity contribution is 5.74. The van der Waals surface area contributed by atoms with Gasteiger partial charge in [0, 0.05) is 45.7 Å². The lowest BCUT2D eigenvalue weighted by atomic mass is 10.0. The van der Waals surface area contributed by atoms with E-state index in [-0.39, 0.29) is 12.3 Å². The summed E-state index contributed by atoms with van der Waals surface area (Å²) in [5, 5.41) is 19.6. The van der Waals surface area contributed by atoms with Crippen LogP contribution in [0.4, 0.5) is 11.6 Å². The first-order valence-corrected chi connectivity index (χ1v) is 10.5. The number of likely N-dealkylation sites (tertiary alicyclic amines) is 1. The predicted octanol–water partition coefficient (Wildman–Crippen LogP) is 1.96. The lowest BCUT2D eigenvalue weighted by Gasteiger charge is -2.25. The Hall–Kier alpha value is -2.78. The third-order valence-corrected chi connectivity index (χ3v) is 5.81. The Morgan fingerprint density at radius 1 is 1.17 bits per heavy atom. The number of carbonyl (C=O) groups excluding carboxylic acids is 1. The number of nitrogens with one attached hydrogen (secondary N) is 4. The van der Waals surface area contributed by atoms with Crippen molar-refractivity contribution in [2.75, 3.05) is 50.3 Å². The molecule has 5 N–H and O–H groups in total. The molecule has 9 heteroatoms. The van der Waals surface area contributed by atoms with Crippen LogP contribution in [0.25, 0.3) is 0 Å². The number of benzene rings is 1. The van der Waals surface area contributed by atoms with Crippen molar-refractivity contribution >= 4 is 17.5 Å². The molecular formula is C21H33N7O2. The second kappa shape index (κ2) is 10.3. The molecule has 1 aliphatic heterocycles. The first-order valence-electron chi connectivity index (χ1n) is 10.5. The Labute approximate surface area is 177 Å². The van der Waals surface area contributed by atoms with Crippen LogP contribution in [0.2, 0.25) is 0 Å². The largest absolute Gasteiger partial charge is 0.371 e. The summed E-state index contributed by atoms with van der Waals surface area (Å²) in [7, 11) is 5.67. The zero-order valence-corrected chi connectivity index (χ0v) is 18.0. The number of hydrogen-bond donors (Lipinski definition) is 5. The molecular weight excluding hydrogens is 382 g/mol. The number of aromatic nitrogens is 2. The van der Waals surface area contributed by atoms with Crippen molar-refractivity contribution in [2.24, 2.45) is 0 Å². The van der Waals surface area contributed by atoms with Crippen LogP contribution in [0.3, 0.4) is 0 Å². The van der Waals surface area contributed by atoms with Crippen molar-refractivity contribution in [1.82, 2.24) is 20.3 Å². The molecule has 0 radical (unpaired) electrons. The summed E-state index contributed by atoms with van der Waals surface area (Å²) < 4.78 is 0. The van der Waals surface area contributed by atoms with E-state index in [2.05, 4.69) is 50.3 Å². The van der Waals surface area contributed by atoms with Crippen molar-refractivity contribution in [1.29, 1.82) is 0 Å². The van der Waals surface area contributed by atoms with E-state index in [1.54, 1.807) is 10.3 Å². The zero-order chi connectivity index (χ0) is 21.5. The molecule has 0 aliphatic carbocycles. The summed E-state index contributed by atoms with van der Waals surface area (Å²) in [6.45, 7) is 2.05. The van der Waals surface area contributed by atoms with Gasteiger partial charge in [0.15, 0.2) is 11.6 Å². The van der Waals surface area contributed by atoms with E-state index in [4.69, 9.17) is 5.21 Å². The fraction of sp³-hybridized carbons (Fsp3) is 0.524. The number of nitrogens with zero attached hydrogens (tertiary/aromatic N) is 3. The molecule has 1 fully saturated rings. The fourth-order valence-electron chi connectivity index (χ4n) is 4.25. The molecule has 1 aliphatic rings. The molecule has 3 rings (SSSR count). The summed E-state index contributed by atoms with van der Waals surface area (Å²) in [6, 6.07) is 8.94. The van der Waals surface area contributed by atoms with Gasteiger partial charge in [-0.3, -0.25) is 14.9 Å². The van der Waals surface area contributed by atoms with Crippen molar-refractivity contribution in [3.05, 3.63) is 41.0 Å². The topological polar surface area (TPSA) is 106 Å². The summed E-state index contributed by atoms with van der Waals surface area (Å²) in [6.07, 6.45) is 4.15. The molecule has 1 amide bonds. The van der Waals surface area contributed by atoms with Gasteiger partial charge >= 0.3 is 0 Å². The average Bonchev–Trinajstić information content (AvgIpc) is 3.39. The van der Waals surface area contributed by atoms with Gasteiger partial charge in [-0.2, -0.15) is 4.79 Å². The number of carbonyl (C=O) groups is 1. The maximum Gasteiger partial charge on any atom is 0.243 e. The van der Waals surface area contributed by atoms with Crippen LogP contribution in [0.1, 0.15) is 42.0 Å². The number of rotatable bonds is 10. The molecule has 0 bridgehead atoms. The minimum Gasteiger partial charge on any atom is -0.371 e. The lowest BCUT2D eigenvalue weighted by Crippen LogP contribution is -2.26. The molecule has 2 heterocycles. The molecule has 164 valence electrons. The standard InChI is InChI=1S/C21H33N7O2/c1-22-20-17(21(23-2)28(24-3)25-20)12-14-27-13-4-5-18(27)16-9-6-15(7-10-16)8-11-19(29)26-30/h6-7,9-10,18,23-24,30H,4-5,8,11-14H2,1-3H3,(H,22,25)(H,26,29)/t18-/m1/s1. The van der Waals surface area contributed by atoms with E-state index in [0.717, 1.165) is 43.1 Å². The van der Waals surface area contributed by atoms with Crippen molar-refractivity contribution in [2.45, 2.75) is 38.1 Å². The Balaban J connectivity index is 1.65. The highest BCUT2D eigenvalue weighted by Gasteiger charge is 2.27. The highest BCUT2D eigenvalue weighted by Crippen LogP contribution is 2.33. The molecule has 1 saturated heterocycles. The van der Waals surface area contributed by atoms with Gasteiger partial charge in [0.25, 0.3) is 0 Å². The Bertz CT molecular complexity index is 835. The van der Waals surface area contributed by atoms with Gasteiger partial charge in [-0.15, -0.1) is 5.10 Å². The smallest absolute Gasteiger partial charge is 0.243 e. The van der Waals surface area contributed by atoms with Crippen molar-refractivity contribution in [3.63, 3.8) is 0 Å². The fourth-order valence-corrected chi connectivity index (χ4v) is 4.25.